The van der Waals surface area contributed by atoms with Gasteiger partial charge in [0.05, 0.1) is 9.95 Å². The normalized spacial score (nSPS) is 12.8. The molecule has 7 nitrogen and oxygen atoms in total. The minimum absolute atomic E-state index is 0.0969. The number of benzene rings is 2. The fraction of sp³-hybridized carbons (Fsp3) is 0.118. The highest BCUT2D eigenvalue weighted by Gasteiger charge is 2.16. The van der Waals surface area contributed by atoms with Gasteiger partial charge in [-0.25, -0.2) is 0 Å². The second kappa shape index (κ2) is 7.23. The van der Waals surface area contributed by atoms with Crippen molar-refractivity contribution in [2.24, 2.45) is 0 Å². The number of non-ortho nitro benzene ring substituents is 1. The summed E-state index contributed by atoms with van der Waals surface area (Å²) in [5.41, 5.74) is 0.910. The first-order valence-corrected chi connectivity index (χ1v) is 7.73. The zero-order valence-corrected chi connectivity index (χ0v) is 13.7. The Labute approximate surface area is 148 Å². The molecule has 1 aliphatic rings. The number of ether oxygens (including phenoxy) is 2. The van der Waals surface area contributed by atoms with Crippen LogP contribution in [-0.4, -0.2) is 24.0 Å². The maximum Gasteiger partial charge on any atom is 0.271 e. The van der Waals surface area contributed by atoms with Crippen molar-refractivity contribution in [2.45, 2.75) is 0 Å². The Morgan fingerprint density at radius 3 is 2.84 bits per heavy atom. The number of amides is 1. The highest BCUT2D eigenvalue weighted by molar-refractivity contribution is 6.32. The van der Waals surface area contributed by atoms with E-state index < -0.39 is 10.8 Å². The van der Waals surface area contributed by atoms with Crippen molar-refractivity contribution in [1.82, 2.24) is 0 Å². The Bertz CT molecular complexity index is 866. The van der Waals surface area contributed by atoms with Crippen LogP contribution < -0.4 is 14.8 Å². The molecule has 0 bridgehead atoms. The summed E-state index contributed by atoms with van der Waals surface area (Å²) >= 11 is 6.14. The van der Waals surface area contributed by atoms with Gasteiger partial charge < -0.3 is 14.8 Å². The first kappa shape index (κ1) is 16.8. The monoisotopic (exact) mass is 360 g/mol. The summed E-state index contributed by atoms with van der Waals surface area (Å²) in [7, 11) is 0. The number of nitro groups is 1. The molecule has 0 aromatic heterocycles. The lowest BCUT2D eigenvalue weighted by Gasteiger charge is -2.19. The molecule has 8 heteroatoms. The molecule has 0 fully saturated rings. The lowest BCUT2D eigenvalue weighted by Crippen LogP contribution is -2.15. The summed E-state index contributed by atoms with van der Waals surface area (Å²) in [6.07, 6.45) is 2.87. The fourth-order valence-electron chi connectivity index (χ4n) is 2.28. The van der Waals surface area contributed by atoms with Crippen LogP contribution in [0.4, 0.5) is 11.4 Å². The molecule has 1 N–H and O–H groups in total. The molecule has 0 saturated carbocycles. The number of carbonyl (C=O) groups is 1. The zero-order chi connectivity index (χ0) is 17.8. The van der Waals surface area contributed by atoms with Gasteiger partial charge in [0.1, 0.15) is 13.2 Å². The van der Waals surface area contributed by atoms with Gasteiger partial charge in [-0.05, 0) is 29.8 Å². The summed E-state index contributed by atoms with van der Waals surface area (Å²) in [4.78, 5) is 22.2. The average molecular weight is 361 g/mol. The van der Waals surface area contributed by atoms with Crippen LogP contribution in [0.2, 0.25) is 5.02 Å². The predicted octanol–water partition coefficient (Wildman–Crippen LogP) is 3.67. The maximum absolute atomic E-state index is 12.0. The van der Waals surface area contributed by atoms with E-state index in [1.807, 2.05) is 0 Å². The molecule has 1 aliphatic heterocycles. The molecule has 1 heterocycles. The molecule has 0 unspecified atom stereocenters. The van der Waals surface area contributed by atoms with Gasteiger partial charge in [0, 0.05) is 23.9 Å². The molecule has 0 saturated heterocycles. The van der Waals surface area contributed by atoms with Crippen molar-refractivity contribution in [1.29, 1.82) is 0 Å². The molecule has 25 heavy (non-hydrogen) atoms. The number of hydrogen-bond donors (Lipinski definition) is 1. The molecule has 0 radical (unpaired) electrons. The first-order valence-electron chi connectivity index (χ1n) is 7.35. The second-order valence-electron chi connectivity index (χ2n) is 5.16. The van der Waals surface area contributed by atoms with Crippen molar-refractivity contribution in [3.63, 3.8) is 0 Å². The van der Waals surface area contributed by atoms with Gasteiger partial charge in [0.25, 0.3) is 5.69 Å². The van der Waals surface area contributed by atoms with Crippen molar-refractivity contribution >= 4 is 35.0 Å². The Morgan fingerprint density at radius 1 is 1.24 bits per heavy atom. The van der Waals surface area contributed by atoms with Gasteiger partial charge in [-0.2, -0.15) is 0 Å². The number of hydrogen-bond acceptors (Lipinski definition) is 5. The fourth-order valence-corrected chi connectivity index (χ4v) is 2.55. The topological polar surface area (TPSA) is 90.7 Å². The van der Waals surface area contributed by atoms with Gasteiger partial charge in [-0.3, -0.25) is 14.9 Å². The third-order valence-corrected chi connectivity index (χ3v) is 3.65. The molecule has 1 amide bonds. The largest absolute Gasteiger partial charge is 0.486 e. The van der Waals surface area contributed by atoms with Gasteiger partial charge in [-0.15, -0.1) is 0 Å². The van der Waals surface area contributed by atoms with E-state index in [9.17, 15) is 14.9 Å². The average Bonchev–Trinajstić information content (AvgIpc) is 2.60. The smallest absolute Gasteiger partial charge is 0.271 e. The number of rotatable bonds is 4. The minimum Gasteiger partial charge on any atom is -0.486 e. The number of nitro benzene ring substituents is 1. The molecular weight excluding hydrogens is 348 g/mol. The van der Waals surface area contributed by atoms with Gasteiger partial charge >= 0.3 is 0 Å². The first-order chi connectivity index (χ1) is 12.0. The van der Waals surface area contributed by atoms with Crippen molar-refractivity contribution < 1.29 is 19.2 Å². The van der Waals surface area contributed by atoms with E-state index in [-0.39, 0.29) is 5.69 Å². The quantitative estimate of drug-likeness (QED) is 0.510. The van der Waals surface area contributed by atoms with E-state index in [0.29, 0.717) is 41.0 Å². The van der Waals surface area contributed by atoms with Crippen LogP contribution in [-0.2, 0) is 4.79 Å². The number of nitrogens with one attached hydrogen (secondary N) is 1. The Morgan fingerprint density at radius 2 is 2.04 bits per heavy atom. The number of nitrogens with zero attached hydrogens (tertiary/aromatic N) is 1. The standard InChI is InChI=1S/C17H13ClN2O5/c18-14-8-11(9-15-17(14)25-7-6-24-15)4-5-16(21)19-12-2-1-3-13(10-12)20(22)23/h1-5,8-10H,6-7H2,(H,19,21)/b5-4+. The van der Waals surface area contributed by atoms with Crippen LogP contribution in [0.1, 0.15) is 5.56 Å². The van der Waals surface area contributed by atoms with Crippen molar-refractivity contribution in [3.8, 4) is 11.5 Å². The number of anilines is 1. The summed E-state index contributed by atoms with van der Waals surface area (Å²) < 4.78 is 10.9. The predicted molar refractivity (Wildman–Crippen MR) is 93.2 cm³/mol. The molecule has 0 atom stereocenters. The molecule has 3 rings (SSSR count). The maximum atomic E-state index is 12.0. The molecule has 2 aromatic rings. The summed E-state index contributed by atoms with van der Waals surface area (Å²) in [5.74, 6) is 0.593. The van der Waals surface area contributed by atoms with Gasteiger partial charge in [0.15, 0.2) is 11.5 Å². The van der Waals surface area contributed by atoms with Gasteiger partial charge in [-0.1, -0.05) is 17.7 Å². The van der Waals surface area contributed by atoms with E-state index in [1.54, 1.807) is 24.3 Å². The van der Waals surface area contributed by atoms with Gasteiger partial charge in [0.2, 0.25) is 5.91 Å². The Kier molecular flexibility index (Phi) is 4.85. The highest BCUT2D eigenvalue weighted by atomic mass is 35.5. The molecule has 2 aromatic carbocycles. The van der Waals surface area contributed by atoms with Crippen LogP contribution in [0, 0.1) is 10.1 Å². The lowest BCUT2D eigenvalue weighted by atomic mass is 10.1. The van der Waals surface area contributed by atoms with Crippen molar-refractivity contribution in [2.75, 3.05) is 18.5 Å². The van der Waals surface area contributed by atoms with Crippen LogP contribution in [0.15, 0.2) is 42.5 Å². The Balaban J connectivity index is 1.71. The van der Waals surface area contributed by atoms with Crippen LogP contribution in [0.3, 0.4) is 0 Å². The van der Waals surface area contributed by atoms with E-state index >= 15 is 0 Å². The highest BCUT2D eigenvalue weighted by Crippen LogP contribution is 2.38. The summed E-state index contributed by atoms with van der Waals surface area (Å²) in [5, 5.41) is 13.7. The molecule has 0 aliphatic carbocycles. The van der Waals surface area contributed by atoms with E-state index in [0.717, 1.165) is 0 Å². The summed E-state index contributed by atoms with van der Waals surface area (Å²) in [6, 6.07) is 9.08. The third kappa shape index (κ3) is 4.07. The molecule has 0 spiro atoms. The summed E-state index contributed by atoms with van der Waals surface area (Å²) in [6.45, 7) is 0.872. The Hall–Kier alpha value is -3.06. The van der Waals surface area contributed by atoms with Crippen LogP contribution >= 0.6 is 11.6 Å². The van der Waals surface area contributed by atoms with Crippen LogP contribution in [0.5, 0.6) is 11.5 Å². The molecular formula is C17H13ClN2O5. The SMILES string of the molecule is O=C(/C=C/c1cc(Cl)c2c(c1)OCCO2)Nc1cccc([N+](=O)[O-])c1. The third-order valence-electron chi connectivity index (χ3n) is 3.37. The van der Waals surface area contributed by atoms with E-state index in [1.165, 1.54) is 24.3 Å². The minimum atomic E-state index is -0.525. The van der Waals surface area contributed by atoms with Crippen LogP contribution in [0.25, 0.3) is 6.08 Å². The number of fused-ring (bicyclic) bond motifs is 1. The number of halogens is 1. The number of carbonyl (C=O) groups excluding carboxylic acids is 1. The van der Waals surface area contributed by atoms with E-state index in [2.05, 4.69) is 5.32 Å². The van der Waals surface area contributed by atoms with Crippen molar-refractivity contribution in [3.05, 3.63) is 63.2 Å². The lowest BCUT2D eigenvalue weighted by molar-refractivity contribution is -0.384. The molecule has 128 valence electrons. The zero-order valence-electron chi connectivity index (χ0n) is 12.9. The second-order valence-corrected chi connectivity index (χ2v) is 5.56. The van der Waals surface area contributed by atoms with E-state index in [4.69, 9.17) is 21.1 Å².